The molecule has 0 bridgehead atoms. The number of amides is 1. The van der Waals surface area contributed by atoms with Crippen molar-refractivity contribution < 1.29 is 4.79 Å². The van der Waals surface area contributed by atoms with Gasteiger partial charge in [-0.05, 0) is 25.1 Å². The van der Waals surface area contributed by atoms with Gasteiger partial charge in [0.05, 0.1) is 0 Å². The van der Waals surface area contributed by atoms with Gasteiger partial charge >= 0.3 is 0 Å². The van der Waals surface area contributed by atoms with Crippen LogP contribution in [-0.2, 0) is 4.79 Å². The fourth-order valence-corrected chi connectivity index (χ4v) is 1.29. The quantitative estimate of drug-likeness (QED) is 0.708. The smallest absolute Gasteiger partial charge is 0.229 e. The average Bonchev–Trinajstić information content (AvgIpc) is 2.13. The van der Waals surface area contributed by atoms with Crippen LogP contribution in [0.15, 0.2) is 18.5 Å². The largest absolute Gasteiger partial charge is 0.316 e. The number of nitrogens with zero attached hydrogens (tertiary/aromatic N) is 2. The number of carbonyl (C=O) groups excluding carboxylic acids is 1. The second kappa shape index (κ2) is 4.15. The van der Waals surface area contributed by atoms with Gasteiger partial charge in [0.2, 0.25) is 11.9 Å². The highest BCUT2D eigenvalue weighted by atomic mass is 16.1. The molecule has 74 valence electrons. The van der Waals surface area contributed by atoms with Crippen molar-refractivity contribution in [2.45, 2.75) is 6.42 Å². The zero-order valence-corrected chi connectivity index (χ0v) is 7.73. The Kier molecular flexibility index (Phi) is 2.69. The van der Waals surface area contributed by atoms with Crippen molar-refractivity contribution in [3.8, 4) is 0 Å². The van der Waals surface area contributed by atoms with Gasteiger partial charge in [0.15, 0.2) is 0 Å². The first-order valence-electron chi connectivity index (χ1n) is 4.62. The van der Waals surface area contributed by atoms with E-state index in [-0.39, 0.29) is 5.91 Å². The van der Waals surface area contributed by atoms with Crippen LogP contribution in [0.5, 0.6) is 0 Å². The number of anilines is 1. The molecule has 0 unspecified atom stereocenters. The lowest BCUT2D eigenvalue weighted by molar-refractivity contribution is -0.117. The maximum atomic E-state index is 11.4. The van der Waals surface area contributed by atoms with Crippen LogP contribution in [0, 0.1) is 5.92 Å². The Labute approximate surface area is 82.0 Å². The first-order valence-corrected chi connectivity index (χ1v) is 4.62. The molecule has 2 rings (SSSR count). The van der Waals surface area contributed by atoms with E-state index in [9.17, 15) is 4.79 Å². The summed E-state index contributed by atoms with van der Waals surface area (Å²) in [7, 11) is 0. The third kappa shape index (κ3) is 2.26. The Morgan fingerprint density at radius 1 is 1.50 bits per heavy atom. The lowest BCUT2D eigenvalue weighted by atomic mass is 9.99. The lowest BCUT2D eigenvalue weighted by Gasteiger charge is -2.26. The molecular weight excluding hydrogens is 180 g/mol. The predicted octanol–water partition coefficient (Wildman–Crippen LogP) is 0.0246. The summed E-state index contributed by atoms with van der Waals surface area (Å²) in [5.74, 6) is 0.839. The molecule has 1 fully saturated rings. The molecule has 1 aliphatic heterocycles. The van der Waals surface area contributed by atoms with Crippen LogP contribution < -0.4 is 10.6 Å². The molecule has 1 amide bonds. The fraction of sp³-hybridized carbons (Fsp3) is 0.444. The summed E-state index contributed by atoms with van der Waals surface area (Å²) < 4.78 is 0. The van der Waals surface area contributed by atoms with E-state index in [1.165, 1.54) is 0 Å². The minimum absolute atomic E-state index is 0.0114. The molecule has 5 nitrogen and oxygen atoms in total. The first kappa shape index (κ1) is 9.08. The molecule has 1 aliphatic rings. The van der Waals surface area contributed by atoms with Gasteiger partial charge in [-0.25, -0.2) is 9.97 Å². The standard InChI is InChI=1S/C9H12N4O/c14-8(4-7-5-10-6-7)13-9-11-2-1-3-12-9/h1-3,7,10H,4-6H2,(H,11,12,13,14). The second-order valence-electron chi connectivity index (χ2n) is 3.35. The Hall–Kier alpha value is -1.49. The van der Waals surface area contributed by atoms with E-state index in [2.05, 4.69) is 20.6 Å². The topological polar surface area (TPSA) is 66.9 Å². The molecule has 0 aromatic carbocycles. The van der Waals surface area contributed by atoms with E-state index in [1.807, 2.05) is 0 Å². The molecule has 2 N–H and O–H groups in total. The van der Waals surface area contributed by atoms with Gasteiger partial charge < -0.3 is 5.32 Å². The number of nitrogens with one attached hydrogen (secondary N) is 2. The monoisotopic (exact) mass is 192 g/mol. The highest BCUT2D eigenvalue weighted by molar-refractivity contribution is 5.89. The zero-order valence-electron chi connectivity index (χ0n) is 7.73. The molecule has 0 spiro atoms. The maximum absolute atomic E-state index is 11.4. The van der Waals surface area contributed by atoms with Gasteiger partial charge in [0.25, 0.3) is 0 Å². The Bertz CT molecular complexity index is 310. The van der Waals surface area contributed by atoms with Gasteiger partial charge in [-0.2, -0.15) is 0 Å². The summed E-state index contributed by atoms with van der Waals surface area (Å²) in [6, 6.07) is 1.71. The summed E-state index contributed by atoms with van der Waals surface area (Å²) in [6.07, 6.45) is 3.76. The molecule has 1 aromatic rings. The van der Waals surface area contributed by atoms with Crippen LogP contribution in [0.2, 0.25) is 0 Å². The van der Waals surface area contributed by atoms with Crippen LogP contribution in [-0.4, -0.2) is 29.0 Å². The van der Waals surface area contributed by atoms with Crippen LogP contribution in [0.25, 0.3) is 0 Å². The summed E-state index contributed by atoms with van der Waals surface area (Å²) in [4.78, 5) is 19.2. The van der Waals surface area contributed by atoms with Crippen molar-refractivity contribution in [3.63, 3.8) is 0 Å². The van der Waals surface area contributed by atoms with Gasteiger partial charge in [-0.3, -0.25) is 10.1 Å². The molecule has 2 heterocycles. The molecule has 0 atom stereocenters. The van der Waals surface area contributed by atoms with Crippen LogP contribution in [0.1, 0.15) is 6.42 Å². The normalized spacial score (nSPS) is 16.0. The van der Waals surface area contributed by atoms with Gasteiger partial charge in [-0.1, -0.05) is 0 Å². The molecule has 0 radical (unpaired) electrons. The molecule has 0 aliphatic carbocycles. The molecule has 1 saturated heterocycles. The van der Waals surface area contributed by atoms with Gasteiger partial charge in [-0.15, -0.1) is 0 Å². The summed E-state index contributed by atoms with van der Waals surface area (Å²) in [5, 5.41) is 5.77. The van der Waals surface area contributed by atoms with Crippen LogP contribution in [0.4, 0.5) is 5.95 Å². The minimum atomic E-state index is -0.0114. The van der Waals surface area contributed by atoms with Crippen molar-refractivity contribution in [3.05, 3.63) is 18.5 Å². The number of hydrogen-bond acceptors (Lipinski definition) is 4. The number of rotatable bonds is 3. The van der Waals surface area contributed by atoms with Crippen LogP contribution in [0.3, 0.4) is 0 Å². The van der Waals surface area contributed by atoms with E-state index in [4.69, 9.17) is 0 Å². The molecule has 0 saturated carbocycles. The van der Waals surface area contributed by atoms with Crippen molar-refractivity contribution >= 4 is 11.9 Å². The molecular formula is C9H12N4O. The SMILES string of the molecule is O=C(CC1CNC1)Nc1ncccn1. The number of hydrogen-bond donors (Lipinski definition) is 2. The fourth-order valence-electron chi connectivity index (χ4n) is 1.29. The third-order valence-corrected chi connectivity index (χ3v) is 2.16. The van der Waals surface area contributed by atoms with E-state index >= 15 is 0 Å². The second-order valence-corrected chi connectivity index (χ2v) is 3.35. The Morgan fingerprint density at radius 3 is 2.79 bits per heavy atom. The van der Waals surface area contributed by atoms with Crippen molar-refractivity contribution in [2.24, 2.45) is 5.92 Å². The number of carbonyl (C=O) groups is 1. The van der Waals surface area contributed by atoms with Crippen molar-refractivity contribution in [1.29, 1.82) is 0 Å². The summed E-state index contributed by atoms with van der Waals surface area (Å²) in [5.41, 5.74) is 0. The van der Waals surface area contributed by atoms with Gasteiger partial charge in [0, 0.05) is 18.8 Å². The predicted molar refractivity (Wildman–Crippen MR) is 51.6 cm³/mol. The van der Waals surface area contributed by atoms with Gasteiger partial charge in [0.1, 0.15) is 0 Å². The minimum Gasteiger partial charge on any atom is -0.316 e. The lowest BCUT2D eigenvalue weighted by Crippen LogP contribution is -2.43. The van der Waals surface area contributed by atoms with E-state index in [1.54, 1.807) is 18.5 Å². The maximum Gasteiger partial charge on any atom is 0.229 e. The van der Waals surface area contributed by atoms with E-state index < -0.39 is 0 Å². The third-order valence-electron chi connectivity index (χ3n) is 2.16. The van der Waals surface area contributed by atoms with Crippen molar-refractivity contribution in [2.75, 3.05) is 18.4 Å². The summed E-state index contributed by atoms with van der Waals surface area (Å²) >= 11 is 0. The highest BCUT2D eigenvalue weighted by Gasteiger charge is 2.20. The zero-order chi connectivity index (χ0) is 9.80. The first-order chi connectivity index (χ1) is 6.84. The molecule has 5 heteroatoms. The highest BCUT2D eigenvalue weighted by Crippen LogP contribution is 2.09. The molecule has 1 aromatic heterocycles. The Balaban J connectivity index is 1.82. The molecule has 14 heavy (non-hydrogen) atoms. The number of aromatic nitrogens is 2. The average molecular weight is 192 g/mol. The van der Waals surface area contributed by atoms with E-state index in [0.717, 1.165) is 13.1 Å². The van der Waals surface area contributed by atoms with E-state index in [0.29, 0.717) is 18.3 Å². The summed E-state index contributed by atoms with van der Waals surface area (Å²) in [6.45, 7) is 1.87. The Morgan fingerprint density at radius 2 is 2.21 bits per heavy atom. The van der Waals surface area contributed by atoms with Crippen molar-refractivity contribution in [1.82, 2.24) is 15.3 Å². The van der Waals surface area contributed by atoms with Crippen LogP contribution >= 0.6 is 0 Å².